The number of benzene rings is 2. The van der Waals surface area contributed by atoms with Crippen LogP contribution >= 0.6 is 0 Å². The van der Waals surface area contributed by atoms with Gasteiger partial charge in [-0.05, 0) is 30.7 Å². The van der Waals surface area contributed by atoms with Gasteiger partial charge in [0.05, 0.1) is 37.7 Å². The van der Waals surface area contributed by atoms with Crippen LogP contribution in [0.5, 0.6) is 5.75 Å². The van der Waals surface area contributed by atoms with Crippen LogP contribution in [-0.4, -0.2) is 61.0 Å². The van der Waals surface area contributed by atoms with Gasteiger partial charge in [-0.3, -0.25) is 9.69 Å². The highest BCUT2D eigenvalue weighted by Gasteiger charge is 2.33. The number of ether oxygens (including phenoxy) is 2. The molecule has 170 valence electrons. The molecular weight excluding hydrogens is 419 g/mol. The van der Waals surface area contributed by atoms with Crippen LogP contribution in [0.3, 0.4) is 0 Å². The van der Waals surface area contributed by atoms with Crippen molar-refractivity contribution < 1.29 is 33.7 Å². The van der Waals surface area contributed by atoms with Crippen LogP contribution in [0.2, 0.25) is 0 Å². The molecule has 2 fully saturated rings. The maximum absolute atomic E-state index is 14.7. The van der Waals surface area contributed by atoms with Crippen molar-refractivity contribution in [3.8, 4) is 5.75 Å². The molecule has 2 N–H and O–H groups in total. The lowest BCUT2D eigenvalue weighted by atomic mass is 10.0. The van der Waals surface area contributed by atoms with Crippen molar-refractivity contribution in [1.82, 2.24) is 0 Å². The Labute approximate surface area is 184 Å². The molecule has 4 rings (SSSR count). The van der Waals surface area contributed by atoms with Gasteiger partial charge in [0.25, 0.3) is 0 Å². The average Bonchev–Trinajstić information content (AvgIpc) is 3.18. The molecule has 2 aliphatic heterocycles. The Bertz CT molecular complexity index is 1010. The minimum Gasteiger partial charge on any atom is -0.508 e. The van der Waals surface area contributed by atoms with Crippen LogP contribution in [-0.2, 0) is 16.1 Å². The number of Topliss-reactive ketones (excluding diaryl/α,β-unsaturated/α-hetero) is 1. The van der Waals surface area contributed by atoms with E-state index in [1.165, 1.54) is 23.1 Å². The van der Waals surface area contributed by atoms with Crippen LogP contribution in [0.25, 0.3) is 0 Å². The number of hydrogen-bond donors (Lipinski definition) is 2. The first-order valence-electron chi connectivity index (χ1n) is 10.5. The fraction of sp³-hybridized carbons (Fsp3) is 0.391. The van der Waals surface area contributed by atoms with Gasteiger partial charge in [0, 0.05) is 30.6 Å². The Balaban J connectivity index is 1.36. The van der Waals surface area contributed by atoms with Gasteiger partial charge < -0.3 is 24.6 Å². The Hall–Kier alpha value is -3.17. The van der Waals surface area contributed by atoms with Gasteiger partial charge in [0.2, 0.25) is 0 Å². The lowest BCUT2D eigenvalue weighted by Crippen LogP contribution is -2.36. The number of carbonyl (C=O) groups is 2. The highest BCUT2D eigenvalue weighted by atomic mass is 19.1. The highest BCUT2D eigenvalue weighted by molar-refractivity contribution is 5.96. The number of cyclic esters (lactones) is 1. The molecule has 0 unspecified atom stereocenters. The molecule has 0 aliphatic carbocycles. The predicted octanol–water partition coefficient (Wildman–Crippen LogP) is 2.85. The van der Waals surface area contributed by atoms with Gasteiger partial charge in [0.1, 0.15) is 17.7 Å². The van der Waals surface area contributed by atoms with Crippen LogP contribution in [0.4, 0.5) is 20.6 Å². The molecule has 0 radical (unpaired) electrons. The maximum Gasteiger partial charge on any atom is 0.414 e. The first-order valence-corrected chi connectivity index (χ1v) is 10.5. The standard InChI is InChI=1S/C23H25FN2O6/c24-19-12-17(3-5-20(19)25-7-9-31-10-8-25)26-13-18(32-23(26)30)4-6-21(28)15-1-2-16(14-27)22(29)11-15/h1-3,5,11-12,18,27,29H,4,6-10,13-14H2/t18-/m0/s1. The first kappa shape index (κ1) is 22.0. The van der Waals surface area contributed by atoms with Crippen molar-refractivity contribution in [2.75, 3.05) is 42.6 Å². The predicted molar refractivity (Wildman–Crippen MR) is 115 cm³/mol. The summed E-state index contributed by atoms with van der Waals surface area (Å²) in [4.78, 5) is 28.0. The Morgan fingerprint density at radius 3 is 2.62 bits per heavy atom. The number of amides is 1. The summed E-state index contributed by atoms with van der Waals surface area (Å²) in [5.41, 5.74) is 1.54. The minimum atomic E-state index is -0.578. The topological polar surface area (TPSA) is 99.5 Å². The quantitative estimate of drug-likeness (QED) is 0.634. The molecule has 32 heavy (non-hydrogen) atoms. The van der Waals surface area contributed by atoms with Crippen molar-refractivity contribution in [1.29, 1.82) is 0 Å². The summed E-state index contributed by atoms with van der Waals surface area (Å²) in [7, 11) is 0. The molecule has 1 atom stereocenters. The molecule has 0 bridgehead atoms. The normalized spacial score (nSPS) is 18.7. The molecule has 2 aromatic carbocycles. The van der Waals surface area contributed by atoms with Gasteiger partial charge in [-0.1, -0.05) is 12.1 Å². The average molecular weight is 444 g/mol. The number of carbonyl (C=O) groups excluding carboxylic acids is 2. The van der Waals surface area contributed by atoms with E-state index in [0.29, 0.717) is 55.2 Å². The van der Waals surface area contributed by atoms with Gasteiger partial charge >= 0.3 is 6.09 Å². The molecule has 0 saturated carbocycles. The minimum absolute atomic E-state index is 0.119. The van der Waals surface area contributed by atoms with E-state index in [1.54, 1.807) is 18.2 Å². The number of ketones is 1. The molecule has 2 aliphatic rings. The molecule has 2 saturated heterocycles. The van der Waals surface area contributed by atoms with E-state index in [1.807, 2.05) is 4.90 Å². The summed E-state index contributed by atoms with van der Waals surface area (Å²) >= 11 is 0. The van der Waals surface area contributed by atoms with Gasteiger partial charge in [-0.25, -0.2) is 9.18 Å². The first-order chi connectivity index (χ1) is 15.5. The summed E-state index contributed by atoms with van der Waals surface area (Å²) in [6.07, 6.45) is -0.656. The maximum atomic E-state index is 14.7. The van der Waals surface area contributed by atoms with Gasteiger partial charge in [-0.2, -0.15) is 0 Å². The second kappa shape index (κ2) is 9.54. The Kier molecular flexibility index (Phi) is 6.57. The highest BCUT2D eigenvalue weighted by Crippen LogP contribution is 2.29. The lowest BCUT2D eigenvalue weighted by molar-refractivity contribution is 0.0939. The van der Waals surface area contributed by atoms with Crippen LogP contribution in [0.15, 0.2) is 36.4 Å². The van der Waals surface area contributed by atoms with E-state index in [2.05, 4.69) is 0 Å². The van der Waals surface area contributed by atoms with Gasteiger partial charge in [0.15, 0.2) is 5.78 Å². The third-order valence-electron chi connectivity index (χ3n) is 5.74. The number of nitrogens with zero attached hydrogens (tertiary/aromatic N) is 2. The zero-order chi connectivity index (χ0) is 22.7. The van der Waals surface area contributed by atoms with Crippen molar-refractivity contribution in [3.05, 3.63) is 53.3 Å². The van der Waals surface area contributed by atoms with E-state index in [-0.39, 0.29) is 31.1 Å². The van der Waals surface area contributed by atoms with E-state index >= 15 is 0 Å². The lowest BCUT2D eigenvalue weighted by Gasteiger charge is -2.29. The number of halogens is 1. The van der Waals surface area contributed by atoms with E-state index in [9.17, 15) is 19.1 Å². The molecule has 0 aromatic heterocycles. The summed E-state index contributed by atoms with van der Waals surface area (Å²) < 4.78 is 25.4. The van der Waals surface area contributed by atoms with Crippen molar-refractivity contribution in [2.45, 2.75) is 25.6 Å². The number of aromatic hydroxyl groups is 1. The summed E-state index contributed by atoms with van der Waals surface area (Å²) in [6, 6.07) is 9.02. The third-order valence-corrected chi connectivity index (χ3v) is 5.74. The SMILES string of the molecule is O=C(CC[C@H]1CN(c2ccc(N3CCOCC3)c(F)c2)C(=O)O1)c1ccc(CO)c(O)c1. The summed E-state index contributed by atoms with van der Waals surface area (Å²) in [6.45, 7) is 2.22. The van der Waals surface area contributed by atoms with E-state index in [4.69, 9.17) is 14.6 Å². The van der Waals surface area contributed by atoms with Crippen LogP contribution in [0.1, 0.15) is 28.8 Å². The van der Waals surface area contributed by atoms with Crippen LogP contribution in [0, 0.1) is 5.82 Å². The number of anilines is 2. The number of morpholine rings is 1. The molecule has 9 heteroatoms. The smallest absolute Gasteiger partial charge is 0.414 e. The second-order valence-electron chi connectivity index (χ2n) is 7.81. The fourth-order valence-corrected chi connectivity index (χ4v) is 3.91. The fourth-order valence-electron chi connectivity index (χ4n) is 3.91. The summed E-state index contributed by atoms with van der Waals surface area (Å²) in [5, 5.41) is 18.9. The third kappa shape index (κ3) is 4.68. The Morgan fingerprint density at radius 2 is 1.94 bits per heavy atom. The zero-order valence-electron chi connectivity index (χ0n) is 17.5. The number of phenols is 1. The zero-order valence-corrected chi connectivity index (χ0v) is 17.5. The van der Waals surface area contributed by atoms with E-state index < -0.39 is 18.0 Å². The van der Waals surface area contributed by atoms with Crippen molar-refractivity contribution >= 4 is 23.3 Å². The van der Waals surface area contributed by atoms with Crippen LogP contribution < -0.4 is 9.80 Å². The largest absolute Gasteiger partial charge is 0.508 e. The summed E-state index contributed by atoms with van der Waals surface area (Å²) in [5.74, 6) is -0.762. The molecule has 8 nitrogen and oxygen atoms in total. The van der Waals surface area contributed by atoms with Crippen molar-refractivity contribution in [3.63, 3.8) is 0 Å². The number of hydrogen-bond acceptors (Lipinski definition) is 7. The molecule has 0 spiro atoms. The van der Waals surface area contributed by atoms with E-state index in [0.717, 1.165) is 0 Å². The molecular formula is C23H25FN2O6. The van der Waals surface area contributed by atoms with Gasteiger partial charge in [-0.15, -0.1) is 0 Å². The molecule has 2 heterocycles. The van der Waals surface area contributed by atoms with Crippen molar-refractivity contribution in [2.24, 2.45) is 0 Å². The number of aliphatic hydroxyl groups excluding tert-OH is 1. The monoisotopic (exact) mass is 444 g/mol. The second-order valence-corrected chi connectivity index (χ2v) is 7.81. The number of rotatable bonds is 7. The number of aliphatic hydroxyl groups is 1. The Morgan fingerprint density at radius 1 is 1.16 bits per heavy atom. The molecule has 2 aromatic rings. The molecule has 1 amide bonds.